The van der Waals surface area contributed by atoms with Gasteiger partial charge in [-0.15, -0.1) is 0 Å². The van der Waals surface area contributed by atoms with Crippen molar-refractivity contribution in [1.82, 2.24) is 9.55 Å². The smallest absolute Gasteiger partial charge is 0.416 e. The third kappa shape index (κ3) is 3.77. The van der Waals surface area contributed by atoms with E-state index >= 15 is 0 Å². The first kappa shape index (κ1) is 15.4. The molecule has 1 aromatic heterocycles. The van der Waals surface area contributed by atoms with Crippen LogP contribution in [-0.4, -0.2) is 14.7 Å². The van der Waals surface area contributed by atoms with E-state index in [2.05, 4.69) is 11.9 Å². The highest BCUT2D eigenvalue weighted by Crippen LogP contribution is 2.33. The lowest BCUT2D eigenvalue weighted by Gasteiger charge is -2.11. The second kappa shape index (κ2) is 6.20. The summed E-state index contributed by atoms with van der Waals surface area (Å²) in [6.45, 7) is 2.89. The average molecular weight is 298 g/mol. The summed E-state index contributed by atoms with van der Waals surface area (Å²) < 4.78 is 39.6. The fourth-order valence-electron chi connectivity index (χ4n) is 2.10. The molecule has 0 saturated heterocycles. The van der Waals surface area contributed by atoms with E-state index in [0.29, 0.717) is 12.0 Å². The summed E-state index contributed by atoms with van der Waals surface area (Å²) in [6.07, 6.45) is 1.40. The van der Waals surface area contributed by atoms with Crippen molar-refractivity contribution in [2.75, 3.05) is 0 Å². The van der Waals surface area contributed by atoms with Gasteiger partial charge in [-0.25, -0.2) is 4.98 Å². The molecule has 0 unspecified atom stereocenters. The van der Waals surface area contributed by atoms with Gasteiger partial charge in [-0.05, 0) is 18.6 Å². The number of aromatic nitrogens is 2. The number of hydrogen-bond donors (Lipinski definition) is 1. The first-order valence-corrected chi connectivity index (χ1v) is 6.81. The molecule has 3 nitrogen and oxygen atoms in total. The number of phenols is 1. The van der Waals surface area contributed by atoms with Crippen molar-refractivity contribution in [2.24, 2.45) is 0 Å². The molecule has 0 radical (unpaired) electrons. The standard InChI is InChI=1S/C15H17F3N2O/c1-2-3-7-20-8-6-19-14(20)9-11-4-5-12(10-13(11)21)15(16,17)18/h4-6,8,10,21H,2-3,7,9H2,1H3. The Bertz CT molecular complexity index is 605. The van der Waals surface area contributed by atoms with Gasteiger partial charge in [-0.1, -0.05) is 19.4 Å². The van der Waals surface area contributed by atoms with Crippen LogP contribution in [0.4, 0.5) is 13.2 Å². The minimum absolute atomic E-state index is 0.306. The van der Waals surface area contributed by atoms with E-state index < -0.39 is 11.7 Å². The number of rotatable bonds is 5. The third-order valence-corrected chi connectivity index (χ3v) is 3.32. The molecule has 1 heterocycles. The van der Waals surface area contributed by atoms with Crippen molar-refractivity contribution in [3.8, 4) is 5.75 Å². The Balaban J connectivity index is 2.19. The highest BCUT2D eigenvalue weighted by Gasteiger charge is 2.31. The van der Waals surface area contributed by atoms with Gasteiger partial charge < -0.3 is 9.67 Å². The number of imidazole rings is 1. The van der Waals surface area contributed by atoms with Gasteiger partial charge in [-0.3, -0.25) is 0 Å². The quantitative estimate of drug-likeness (QED) is 0.906. The SMILES string of the molecule is CCCCn1ccnc1Cc1ccc(C(F)(F)F)cc1O. The molecule has 0 bridgehead atoms. The Morgan fingerprint density at radius 1 is 1.29 bits per heavy atom. The zero-order valence-corrected chi connectivity index (χ0v) is 11.7. The predicted molar refractivity (Wildman–Crippen MR) is 73.0 cm³/mol. The molecule has 0 aliphatic carbocycles. The van der Waals surface area contributed by atoms with Crippen molar-refractivity contribution < 1.29 is 18.3 Å². The molecule has 0 amide bonds. The minimum atomic E-state index is -4.45. The summed E-state index contributed by atoms with van der Waals surface area (Å²) >= 11 is 0. The van der Waals surface area contributed by atoms with Crippen molar-refractivity contribution in [2.45, 2.75) is 38.9 Å². The third-order valence-electron chi connectivity index (χ3n) is 3.32. The van der Waals surface area contributed by atoms with E-state index in [4.69, 9.17) is 0 Å². The van der Waals surface area contributed by atoms with Crippen molar-refractivity contribution in [3.63, 3.8) is 0 Å². The van der Waals surface area contributed by atoms with E-state index in [1.54, 1.807) is 6.20 Å². The van der Waals surface area contributed by atoms with Gasteiger partial charge in [0.25, 0.3) is 0 Å². The number of alkyl halides is 3. The van der Waals surface area contributed by atoms with Crippen molar-refractivity contribution in [3.05, 3.63) is 47.5 Å². The van der Waals surface area contributed by atoms with E-state index in [1.165, 1.54) is 6.07 Å². The summed E-state index contributed by atoms with van der Waals surface area (Å²) in [7, 11) is 0. The number of unbranched alkanes of at least 4 members (excludes halogenated alkanes) is 1. The summed E-state index contributed by atoms with van der Waals surface area (Å²) in [5, 5.41) is 9.78. The molecule has 0 fully saturated rings. The van der Waals surface area contributed by atoms with Gasteiger partial charge in [-0.2, -0.15) is 13.2 Å². The van der Waals surface area contributed by atoms with Gasteiger partial charge >= 0.3 is 6.18 Å². The van der Waals surface area contributed by atoms with Crippen molar-refractivity contribution in [1.29, 1.82) is 0 Å². The van der Waals surface area contributed by atoms with E-state index in [0.717, 1.165) is 37.3 Å². The highest BCUT2D eigenvalue weighted by molar-refractivity contribution is 5.39. The Morgan fingerprint density at radius 2 is 2.05 bits per heavy atom. The molecule has 2 aromatic rings. The van der Waals surface area contributed by atoms with Crippen LogP contribution in [0.1, 0.15) is 36.7 Å². The number of nitrogens with zero attached hydrogens (tertiary/aromatic N) is 2. The lowest BCUT2D eigenvalue weighted by Crippen LogP contribution is -2.06. The van der Waals surface area contributed by atoms with E-state index in [9.17, 15) is 18.3 Å². The summed E-state index contributed by atoms with van der Waals surface area (Å²) in [5.41, 5.74) is -0.412. The monoisotopic (exact) mass is 298 g/mol. The lowest BCUT2D eigenvalue weighted by atomic mass is 10.1. The fraction of sp³-hybridized carbons (Fsp3) is 0.400. The van der Waals surface area contributed by atoms with Crippen LogP contribution in [0.15, 0.2) is 30.6 Å². The number of benzene rings is 1. The maximum Gasteiger partial charge on any atom is 0.416 e. The molecule has 0 aliphatic rings. The van der Waals surface area contributed by atoms with E-state index in [1.807, 2.05) is 10.8 Å². The van der Waals surface area contributed by atoms with Crippen LogP contribution in [0.2, 0.25) is 0 Å². The molecule has 2 rings (SSSR count). The molecule has 114 valence electrons. The molecule has 0 atom stereocenters. The van der Waals surface area contributed by atoms with Gasteiger partial charge in [0.15, 0.2) is 0 Å². The van der Waals surface area contributed by atoms with Crippen LogP contribution in [-0.2, 0) is 19.1 Å². The molecular formula is C15H17F3N2O. The maximum absolute atomic E-state index is 12.6. The Hall–Kier alpha value is -1.98. The number of aryl methyl sites for hydroxylation is 1. The highest BCUT2D eigenvalue weighted by atomic mass is 19.4. The zero-order valence-electron chi connectivity index (χ0n) is 11.7. The topological polar surface area (TPSA) is 38.0 Å². The minimum Gasteiger partial charge on any atom is -0.508 e. The van der Waals surface area contributed by atoms with Crippen LogP contribution in [0.3, 0.4) is 0 Å². The fourth-order valence-corrected chi connectivity index (χ4v) is 2.10. The lowest BCUT2D eigenvalue weighted by molar-refractivity contribution is -0.137. The molecule has 1 aromatic carbocycles. The van der Waals surface area contributed by atoms with Crippen molar-refractivity contribution >= 4 is 0 Å². The normalized spacial score (nSPS) is 11.8. The Labute approximate surface area is 121 Å². The molecule has 0 saturated carbocycles. The van der Waals surface area contributed by atoms with Gasteiger partial charge in [0.1, 0.15) is 11.6 Å². The zero-order chi connectivity index (χ0) is 15.5. The van der Waals surface area contributed by atoms with Crippen LogP contribution in [0.25, 0.3) is 0 Å². The molecule has 1 N–H and O–H groups in total. The Kier molecular flexibility index (Phi) is 4.55. The first-order valence-electron chi connectivity index (χ1n) is 6.81. The predicted octanol–water partition coefficient (Wildman–Crippen LogP) is 4.00. The molecular weight excluding hydrogens is 281 g/mol. The second-order valence-electron chi connectivity index (χ2n) is 4.91. The molecule has 0 aliphatic heterocycles. The average Bonchev–Trinajstić information content (AvgIpc) is 2.85. The first-order chi connectivity index (χ1) is 9.91. The molecule has 21 heavy (non-hydrogen) atoms. The van der Waals surface area contributed by atoms with Gasteiger partial charge in [0.2, 0.25) is 0 Å². The Morgan fingerprint density at radius 3 is 2.67 bits per heavy atom. The van der Waals surface area contributed by atoms with Gasteiger partial charge in [0, 0.05) is 30.9 Å². The number of halogens is 3. The maximum atomic E-state index is 12.6. The summed E-state index contributed by atoms with van der Waals surface area (Å²) in [5.74, 6) is 0.383. The van der Waals surface area contributed by atoms with Gasteiger partial charge in [0.05, 0.1) is 5.56 Å². The number of phenolic OH excluding ortho intramolecular Hbond substituents is 1. The number of hydrogen-bond acceptors (Lipinski definition) is 2. The van der Waals surface area contributed by atoms with Crippen LogP contribution < -0.4 is 0 Å². The second-order valence-corrected chi connectivity index (χ2v) is 4.91. The van der Waals surface area contributed by atoms with Crippen LogP contribution >= 0.6 is 0 Å². The summed E-state index contributed by atoms with van der Waals surface area (Å²) in [6, 6.07) is 3.04. The largest absolute Gasteiger partial charge is 0.508 e. The van der Waals surface area contributed by atoms with Crippen LogP contribution in [0.5, 0.6) is 5.75 Å². The molecule has 6 heteroatoms. The number of aromatic hydroxyl groups is 1. The van der Waals surface area contributed by atoms with Crippen LogP contribution in [0, 0.1) is 0 Å². The molecule has 0 spiro atoms. The summed E-state index contributed by atoms with van der Waals surface area (Å²) in [4.78, 5) is 4.21. The van der Waals surface area contributed by atoms with E-state index in [-0.39, 0.29) is 5.75 Å².